The fraction of sp³-hybridized carbons (Fsp3) is 0.700. The number of carboxylic acid groups (broad SMARTS) is 1. The van der Waals surface area contributed by atoms with Crippen molar-refractivity contribution in [2.75, 3.05) is 0 Å². The second-order valence-electron chi connectivity index (χ2n) is 4.04. The molecule has 68 valence electrons. The third-order valence-corrected chi connectivity index (χ3v) is 2.36. The van der Waals surface area contributed by atoms with Crippen LogP contribution in [0.5, 0.6) is 0 Å². The van der Waals surface area contributed by atoms with Gasteiger partial charge in [0.05, 0.1) is 5.41 Å². The second kappa shape index (κ2) is 3.30. The van der Waals surface area contributed by atoms with Gasteiger partial charge in [-0.25, -0.2) is 0 Å². The third kappa shape index (κ3) is 2.10. The van der Waals surface area contributed by atoms with Crippen molar-refractivity contribution >= 4 is 5.97 Å². The molecule has 0 aromatic carbocycles. The summed E-state index contributed by atoms with van der Waals surface area (Å²) in [4.78, 5) is 10.8. The molecule has 2 heteroatoms. The second-order valence-corrected chi connectivity index (χ2v) is 4.04. The maximum absolute atomic E-state index is 10.8. The van der Waals surface area contributed by atoms with Crippen molar-refractivity contribution in [2.45, 2.75) is 39.5 Å². The highest BCUT2D eigenvalue weighted by Crippen LogP contribution is 2.29. The van der Waals surface area contributed by atoms with Crippen LogP contribution in [0.2, 0.25) is 0 Å². The van der Waals surface area contributed by atoms with E-state index in [1.165, 1.54) is 18.4 Å². The van der Waals surface area contributed by atoms with E-state index in [9.17, 15) is 4.79 Å². The highest BCUT2D eigenvalue weighted by molar-refractivity contribution is 5.76. The summed E-state index contributed by atoms with van der Waals surface area (Å²) in [5.74, 6) is -0.734. The average molecular weight is 168 g/mol. The van der Waals surface area contributed by atoms with Crippen LogP contribution in [0.1, 0.15) is 39.5 Å². The fourth-order valence-corrected chi connectivity index (χ4v) is 1.55. The molecule has 0 aromatic rings. The van der Waals surface area contributed by atoms with Crippen molar-refractivity contribution in [3.05, 3.63) is 11.6 Å². The molecule has 0 aliphatic heterocycles. The van der Waals surface area contributed by atoms with Crippen LogP contribution in [0, 0.1) is 5.41 Å². The van der Waals surface area contributed by atoms with Gasteiger partial charge in [0, 0.05) is 0 Å². The molecule has 1 N–H and O–H groups in total. The number of aliphatic carboxylic acids is 1. The summed E-state index contributed by atoms with van der Waals surface area (Å²) in [7, 11) is 0. The zero-order valence-corrected chi connectivity index (χ0v) is 7.76. The molecule has 0 saturated heterocycles. The van der Waals surface area contributed by atoms with Gasteiger partial charge in [-0.15, -0.1) is 0 Å². The van der Waals surface area contributed by atoms with Gasteiger partial charge in [-0.2, -0.15) is 0 Å². The van der Waals surface area contributed by atoms with Crippen molar-refractivity contribution in [1.82, 2.24) is 0 Å². The zero-order valence-electron chi connectivity index (χ0n) is 7.76. The molecule has 0 aromatic heterocycles. The summed E-state index contributed by atoms with van der Waals surface area (Å²) in [6.45, 7) is 3.50. The average Bonchev–Trinajstić information content (AvgIpc) is 2.38. The van der Waals surface area contributed by atoms with Crippen LogP contribution in [0.3, 0.4) is 0 Å². The normalized spacial score (nSPS) is 18.0. The minimum Gasteiger partial charge on any atom is -0.481 e. The number of hydrogen-bond donors (Lipinski definition) is 1. The number of hydrogen-bond acceptors (Lipinski definition) is 1. The molecule has 1 aliphatic rings. The van der Waals surface area contributed by atoms with Gasteiger partial charge < -0.3 is 5.11 Å². The van der Waals surface area contributed by atoms with Crippen molar-refractivity contribution in [2.24, 2.45) is 5.41 Å². The van der Waals surface area contributed by atoms with Crippen molar-refractivity contribution in [3.8, 4) is 0 Å². The molecule has 1 saturated carbocycles. The molecule has 0 radical (unpaired) electrons. The molecule has 0 unspecified atom stereocenters. The number of carbonyl (C=O) groups is 1. The summed E-state index contributed by atoms with van der Waals surface area (Å²) in [5.41, 5.74) is 0.641. The minimum absolute atomic E-state index is 0.681. The predicted octanol–water partition coefficient (Wildman–Crippen LogP) is 2.60. The Labute approximate surface area is 73.3 Å². The van der Waals surface area contributed by atoms with E-state index >= 15 is 0 Å². The Bertz CT molecular complexity index is 206. The van der Waals surface area contributed by atoms with Crippen molar-refractivity contribution < 1.29 is 9.90 Å². The molecular weight excluding hydrogens is 152 g/mol. The first-order valence-corrected chi connectivity index (χ1v) is 4.46. The van der Waals surface area contributed by atoms with Gasteiger partial charge in [0.2, 0.25) is 0 Å². The molecule has 12 heavy (non-hydrogen) atoms. The minimum atomic E-state index is -0.734. The quantitative estimate of drug-likeness (QED) is 0.643. The van der Waals surface area contributed by atoms with E-state index < -0.39 is 11.4 Å². The fourth-order valence-electron chi connectivity index (χ4n) is 1.55. The summed E-state index contributed by atoms with van der Waals surface area (Å²) in [5, 5.41) is 8.86. The Morgan fingerprint density at radius 1 is 1.42 bits per heavy atom. The number of allylic oxidation sites excluding steroid dienone is 1. The Balaban J connectivity index is 2.69. The Hall–Kier alpha value is -0.790. The number of rotatable bonds is 2. The van der Waals surface area contributed by atoms with Crippen molar-refractivity contribution in [3.63, 3.8) is 0 Å². The molecule has 1 rings (SSSR count). The third-order valence-electron chi connectivity index (χ3n) is 2.36. The highest BCUT2D eigenvalue weighted by Gasteiger charge is 2.25. The molecular formula is C10H16O2. The molecule has 0 atom stereocenters. The zero-order chi connectivity index (χ0) is 9.19. The lowest BCUT2D eigenvalue weighted by Gasteiger charge is -2.14. The van der Waals surface area contributed by atoms with Crippen LogP contribution in [-0.4, -0.2) is 11.1 Å². The molecule has 0 bridgehead atoms. The number of carboxylic acids is 1. The van der Waals surface area contributed by atoms with Gasteiger partial charge in [0.15, 0.2) is 0 Å². The predicted molar refractivity (Wildman–Crippen MR) is 48.0 cm³/mol. The van der Waals surface area contributed by atoms with Crippen LogP contribution in [0.25, 0.3) is 0 Å². The lowest BCUT2D eigenvalue weighted by Crippen LogP contribution is -2.21. The summed E-state index contributed by atoms with van der Waals surface area (Å²) in [6, 6.07) is 0. The van der Waals surface area contributed by atoms with E-state index in [1.807, 2.05) is 6.08 Å². The van der Waals surface area contributed by atoms with E-state index in [0.717, 1.165) is 12.8 Å². The van der Waals surface area contributed by atoms with Gasteiger partial charge in [-0.05, 0) is 39.5 Å². The smallest absolute Gasteiger partial charge is 0.312 e. The first-order chi connectivity index (χ1) is 5.52. The molecule has 0 spiro atoms. The van der Waals surface area contributed by atoms with E-state index in [-0.39, 0.29) is 0 Å². The largest absolute Gasteiger partial charge is 0.481 e. The molecule has 0 amide bonds. The van der Waals surface area contributed by atoms with E-state index in [0.29, 0.717) is 0 Å². The summed E-state index contributed by atoms with van der Waals surface area (Å²) < 4.78 is 0. The van der Waals surface area contributed by atoms with Crippen LogP contribution < -0.4 is 0 Å². The SMILES string of the molecule is CC(C)(C=C1CCCC1)C(=O)O. The standard InChI is InChI=1S/C10H16O2/c1-10(2,9(11)12)7-8-5-3-4-6-8/h7H,3-6H2,1-2H3,(H,11,12). The van der Waals surface area contributed by atoms with E-state index in [4.69, 9.17) is 5.11 Å². The van der Waals surface area contributed by atoms with Crippen LogP contribution >= 0.6 is 0 Å². The summed E-state index contributed by atoms with van der Waals surface area (Å²) >= 11 is 0. The molecule has 0 heterocycles. The van der Waals surface area contributed by atoms with Crippen molar-refractivity contribution in [1.29, 1.82) is 0 Å². The van der Waals surface area contributed by atoms with E-state index in [2.05, 4.69) is 0 Å². The Kier molecular flexibility index (Phi) is 2.55. The van der Waals surface area contributed by atoms with E-state index in [1.54, 1.807) is 13.8 Å². The maximum atomic E-state index is 10.8. The van der Waals surface area contributed by atoms with Gasteiger partial charge in [0.1, 0.15) is 0 Å². The lowest BCUT2D eigenvalue weighted by atomic mass is 9.90. The Morgan fingerprint density at radius 3 is 2.33 bits per heavy atom. The first-order valence-electron chi connectivity index (χ1n) is 4.46. The topological polar surface area (TPSA) is 37.3 Å². The first kappa shape index (κ1) is 9.30. The van der Waals surface area contributed by atoms with Gasteiger partial charge in [0.25, 0.3) is 0 Å². The summed E-state index contributed by atoms with van der Waals surface area (Å²) in [6.07, 6.45) is 6.55. The van der Waals surface area contributed by atoms with Gasteiger partial charge in [-0.1, -0.05) is 11.6 Å². The lowest BCUT2D eigenvalue weighted by molar-refractivity contribution is -0.144. The molecule has 1 aliphatic carbocycles. The molecule has 2 nitrogen and oxygen atoms in total. The van der Waals surface area contributed by atoms with Crippen LogP contribution in [-0.2, 0) is 4.79 Å². The van der Waals surface area contributed by atoms with Gasteiger partial charge in [-0.3, -0.25) is 4.79 Å². The maximum Gasteiger partial charge on any atom is 0.312 e. The molecule has 1 fully saturated rings. The highest BCUT2D eigenvalue weighted by atomic mass is 16.4. The van der Waals surface area contributed by atoms with Crippen LogP contribution in [0.15, 0.2) is 11.6 Å². The van der Waals surface area contributed by atoms with Gasteiger partial charge >= 0.3 is 5.97 Å². The monoisotopic (exact) mass is 168 g/mol. The Morgan fingerprint density at radius 2 is 1.92 bits per heavy atom. The van der Waals surface area contributed by atoms with Crippen LogP contribution in [0.4, 0.5) is 0 Å².